The molecule has 1 aliphatic heterocycles. The summed E-state index contributed by atoms with van der Waals surface area (Å²) in [6.45, 7) is 2.78. The Morgan fingerprint density at radius 2 is 1.85 bits per heavy atom. The Hall–Kier alpha value is -3.79. The van der Waals surface area contributed by atoms with E-state index in [0.717, 1.165) is 34.3 Å². The van der Waals surface area contributed by atoms with Crippen molar-refractivity contribution in [2.24, 2.45) is 0 Å². The van der Waals surface area contributed by atoms with Gasteiger partial charge in [0.05, 0.1) is 11.6 Å². The Kier molecular flexibility index (Phi) is 4.45. The lowest BCUT2D eigenvalue weighted by Gasteiger charge is -2.10. The predicted octanol–water partition coefficient (Wildman–Crippen LogP) is 3.74. The monoisotopic (exact) mass is 359 g/mol. The lowest BCUT2D eigenvalue weighted by atomic mass is 10.2. The Balaban J connectivity index is 1.46. The molecular weight excluding hydrogens is 342 g/mol. The Morgan fingerprint density at radius 3 is 2.67 bits per heavy atom. The SMILES string of the molecule is Cc1cc(NCc2ccc3c(c2)OCO3)nc(Nc2ccc(C#N)cc2)n1. The zero-order valence-electron chi connectivity index (χ0n) is 14.7. The highest BCUT2D eigenvalue weighted by Gasteiger charge is 2.13. The molecule has 0 saturated heterocycles. The van der Waals surface area contributed by atoms with E-state index in [-0.39, 0.29) is 6.79 Å². The average Bonchev–Trinajstić information content (AvgIpc) is 3.14. The third-order valence-corrected chi connectivity index (χ3v) is 4.03. The summed E-state index contributed by atoms with van der Waals surface area (Å²) in [4.78, 5) is 8.91. The third kappa shape index (κ3) is 3.90. The molecular formula is C20H17N5O2. The van der Waals surface area contributed by atoms with E-state index < -0.39 is 0 Å². The van der Waals surface area contributed by atoms with Crippen LogP contribution in [0.5, 0.6) is 11.5 Å². The number of nitrogens with one attached hydrogen (secondary N) is 2. The second-order valence-electron chi connectivity index (χ2n) is 6.07. The quantitative estimate of drug-likeness (QED) is 0.717. The summed E-state index contributed by atoms with van der Waals surface area (Å²) in [7, 11) is 0. The second-order valence-corrected chi connectivity index (χ2v) is 6.07. The van der Waals surface area contributed by atoms with Crippen LogP contribution in [-0.4, -0.2) is 16.8 Å². The van der Waals surface area contributed by atoms with Crippen LogP contribution in [0, 0.1) is 18.3 Å². The minimum Gasteiger partial charge on any atom is -0.454 e. The fourth-order valence-electron chi connectivity index (χ4n) is 2.72. The van der Waals surface area contributed by atoms with Gasteiger partial charge in [-0.25, -0.2) is 4.98 Å². The van der Waals surface area contributed by atoms with E-state index in [9.17, 15) is 0 Å². The molecule has 1 aromatic heterocycles. The summed E-state index contributed by atoms with van der Waals surface area (Å²) in [5.41, 5.74) is 3.34. The predicted molar refractivity (Wildman–Crippen MR) is 101 cm³/mol. The van der Waals surface area contributed by atoms with Crippen LogP contribution < -0.4 is 20.1 Å². The van der Waals surface area contributed by atoms with E-state index in [1.807, 2.05) is 43.3 Å². The lowest BCUT2D eigenvalue weighted by Crippen LogP contribution is -2.05. The van der Waals surface area contributed by atoms with Gasteiger partial charge in [0, 0.05) is 24.0 Å². The van der Waals surface area contributed by atoms with E-state index >= 15 is 0 Å². The summed E-state index contributed by atoms with van der Waals surface area (Å²) in [5.74, 6) is 2.74. The normalized spacial score (nSPS) is 11.7. The molecule has 1 aliphatic rings. The van der Waals surface area contributed by atoms with Gasteiger partial charge in [0.2, 0.25) is 12.7 Å². The first-order valence-corrected chi connectivity index (χ1v) is 8.45. The van der Waals surface area contributed by atoms with Crippen molar-refractivity contribution in [1.82, 2.24) is 9.97 Å². The molecule has 4 rings (SSSR count). The second kappa shape index (κ2) is 7.22. The number of nitriles is 1. The van der Waals surface area contributed by atoms with Crippen LogP contribution in [0.1, 0.15) is 16.8 Å². The molecule has 0 aliphatic carbocycles. The summed E-state index contributed by atoms with van der Waals surface area (Å²) < 4.78 is 10.7. The van der Waals surface area contributed by atoms with Gasteiger partial charge in [-0.15, -0.1) is 0 Å². The molecule has 0 unspecified atom stereocenters. The third-order valence-electron chi connectivity index (χ3n) is 4.03. The molecule has 0 atom stereocenters. The standard InChI is InChI=1S/C20H17N5O2/c1-13-8-19(22-11-15-4-7-17-18(9-15)27-12-26-17)25-20(23-13)24-16-5-2-14(10-21)3-6-16/h2-9H,11-12H2,1H3,(H2,22,23,24,25). The maximum absolute atomic E-state index is 8.88. The number of aromatic nitrogens is 2. The van der Waals surface area contributed by atoms with Crippen LogP contribution in [0.3, 0.4) is 0 Å². The van der Waals surface area contributed by atoms with Crippen LogP contribution in [0.25, 0.3) is 0 Å². The van der Waals surface area contributed by atoms with Crippen LogP contribution in [-0.2, 0) is 6.54 Å². The average molecular weight is 359 g/mol. The summed E-state index contributed by atoms with van der Waals surface area (Å²) >= 11 is 0. The maximum Gasteiger partial charge on any atom is 0.231 e. The maximum atomic E-state index is 8.88. The fourth-order valence-corrected chi connectivity index (χ4v) is 2.72. The topological polar surface area (TPSA) is 92.1 Å². The molecule has 134 valence electrons. The van der Waals surface area contributed by atoms with Gasteiger partial charge in [0.25, 0.3) is 0 Å². The van der Waals surface area contributed by atoms with Crippen molar-refractivity contribution in [2.75, 3.05) is 17.4 Å². The Labute approximate surface area is 156 Å². The molecule has 3 aromatic rings. The van der Waals surface area contributed by atoms with Crippen molar-refractivity contribution in [3.8, 4) is 17.6 Å². The smallest absolute Gasteiger partial charge is 0.231 e. The molecule has 7 heteroatoms. The lowest BCUT2D eigenvalue weighted by molar-refractivity contribution is 0.174. The first-order valence-electron chi connectivity index (χ1n) is 8.45. The first-order chi connectivity index (χ1) is 13.2. The zero-order chi connectivity index (χ0) is 18.6. The molecule has 2 N–H and O–H groups in total. The van der Waals surface area contributed by atoms with E-state index in [1.54, 1.807) is 12.1 Å². The van der Waals surface area contributed by atoms with Crippen molar-refractivity contribution >= 4 is 17.5 Å². The van der Waals surface area contributed by atoms with Crippen molar-refractivity contribution < 1.29 is 9.47 Å². The minimum absolute atomic E-state index is 0.266. The van der Waals surface area contributed by atoms with Gasteiger partial charge >= 0.3 is 0 Å². The molecule has 27 heavy (non-hydrogen) atoms. The summed E-state index contributed by atoms with van der Waals surface area (Å²) in [6, 6.07) is 17.0. The highest BCUT2D eigenvalue weighted by molar-refractivity contribution is 5.56. The zero-order valence-corrected chi connectivity index (χ0v) is 14.7. The number of benzene rings is 2. The molecule has 0 fully saturated rings. The van der Waals surface area contributed by atoms with Crippen molar-refractivity contribution in [1.29, 1.82) is 5.26 Å². The van der Waals surface area contributed by atoms with Crippen molar-refractivity contribution in [2.45, 2.75) is 13.5 Å². The van der Waals surface area contributed by atoms with Gasteiger partial charge in [0.1, 0.15) is 5.82 Å². The van der Waals surface area contributed by atoms with E-state index in [1.165, 1.54) is 0 Å². The van der Waals surface area contributed by atoms with Crippen LogP contribution in [0.2, 0.25) is 0 Å². The van der Waals surface area contributed by atoms with Crippen LogP contribution in [0.4, 0.5) is 17.5 Å². The van der Waals surface area contributed by atoms with Crippen LogP contribution in [0.15, 0.2) is 48.5 Å². The first kappa shape index (κ1) is 16.7. The van der Waals surface area contributed by atoms with Gasteiger partial charge in [0.15, 0.2) is 11.5 Å². The molecule has 0 radical (unpaired) electrons. The molecule has 2 heterocycles. The number of anilines is 3. The van der Waals surface area contributed by atoms with E-state index in [2.05, 4.69) is 26.7 Å². The molecule has 7 nitrogen and oxygen atoms in total. The summed E-state index contributed by atoms with van der Waals surface area (Å²) in [5, 5.41) is 15.3. The summed E-state index contributed by atoms with van der Waals surface area (Å²) in [6.07, 6.45) is 0. The number of aryl methyl sites for hydroxylation is 1. The molecule has 0 amide bonds. The minimum atomic E-state index is 0.266. The van der Waals surface area contributed by atoms with Gasteiger partial charge in [-0.1, -0.05) is 6.07 Å². The number of fused-ring (bicyclic) bond motifs is 1. The number of rotatable bonds is 5. The molecule has 0 saturated carbocycles. The number of ether oxygens (including phenoxy) is 2. The van der Waals surface area contributed by atoms with Gasteiger partial charge < -0.3 is 20.1 Å². The molecule has 2 aromatic carbocycles. The Bertz CT molecular complexity index is 1010. The van der Waals surface area contributed by atoms with Gasteiger partial charge in [-0.3, -0.25) is 0 Å². The molecule has 0 spiro atoms. The van der Waals surface area contributed by atoms with Gasteiger partial charge in [-0.2, -0.15) is 10.2 Å². The highest BCUT2D eigenvalue weighted by atomic mass is 16.7. The highest BCUT2D eigenvalue weighted by Crippen LogP contribution is 2.32. The Morgan fingerprint density at radius 1 is 1.04 bits per heavy atom. The molecule has 0 bridgehead atoms. The van der Waals surface area contributed by atoms with E-state index in [0.29, 0.717) is 18.1 Å². The fraction of sp³-hybridized carbons (Fsp3) is 0.150. The number of nitrogens with zero attached hydrogens (tertiary/aromatic N) is 3. The van der Waals surface area contributed by atoms with Crippen molar-refractivity contribution in [3.05, 3.63) is 65.4 Å². The van der Waals surface area contributed by atoms with E-state index in [4.69, 9.17) is 14.7 Å². The number of hydrogen-bond donors (Lipinski definition) is 2. The number of hydrogen-bond acceptors (Lipinski definition) is 7. The largest absolute Gasteiger partial charge is 0.454 e. The van der Waals surface area contributed by atoms with Crippen LogP contribution >= 0.6 is 0 Å². The van der Waals surface area contributed by atoms with Gasteiger partial charge in [-0.05, 0) is 48.9 Å². The van der Waals surface area contributed by atoms with Crippen molar-refractivity contribution in [3.63, 3.8) is 0 Å².